The lowest BCUT2D eigenvalue weighted by Crippen LogP contribution is -1.81. The van der Waals surface area contributed by atoms with Crippen LogP contribution in [-0.2, 0) is 9.59 Å². The maximum absolute atomic E-state index is 9.00. The van der Waals surface area contributed by atoms with Gasteiger partial charge in [0.15, 0.2) is 0 Å². The van der Waals surface area contributed by atoms with Crippen molar-refractivity contribution in [3.63, 3.8) is 0 Å². The van der Waals surface area contributed by atoms with Crippen LogP contribution in [0.15, 0.2) is 0 Å². The van der Waals surface area contributed by atoms with E-state index in [2.05, 4.69) is 13.8 Å². The van der Waals surface area contributed by atoms with E-state index >= 15 is 0 Å². The Morgan fingerprint density at radius 3 is 0.818 bits per heavy atom. The van der Waals surface area contributed by atoms with Gasteiger partial charge >= 0.3 is 0 Å². The molecule has 0 aromatic heterocycles. The van der Waals surface area contributed by atoms with Crippen molar-refractivity contribution >= 4 is 11.9 Å². The normalized spacial score (nSPS) is 9.09. The van der Waals surface area contributed by atoms with Crippen LogP contribution in [0.2, 0.25) is 0 Å². The molecule has 0 saturated heterocycles. The van der Waals surface area contributed by atoms with Crippen LogP contribution in [0.4, 0.5) is 0 Å². The third-order valence-corrected chi connectivity index (χ3v) is 2.96. The minimum atomic E-state index is -0.833. The summed E-state index contributed by atoms with van der Waals surface area (Å²) in [6.45, 7) is 6.74. The molecule has 2 N–H and O–H groups in total. The van der Waals surface area contributed by atoms with Gasteiger partial charge in [-0.15, -0.1) is 0 Å². The zero-order valence-corrected chi connectivity index (χ0v) is 15.2. The average Bonchev–Trinajstić information content (AvgIpc) is 2.40. The summed E-state index contributed by atoms with van der Waals surface area (Å²) < 4.78 is 0. The Morgan fingerprint density at radius 2 is 0.682 bits per heavy atom. The molecule has 0 saturated carbocycles. The summed E-state index contributed by atoms with van der Waals surface area (Å²) >= 11 is 0. The number of hydrogen-bond acceptors (Lipinski definition) is 2. The van der Waals surface area contributed by atoms with Crippen molar-refractivity contribution in [2.45, 2.75) is 105 Å². The Hall–Kier alpha value is -1.06. The van der Waals surface area contributed by atoms with Crippen LogP contribution in [-0.4, -0.2) is 22.2 Å². The molecular formula is C18H38O4. The molecule has 134 valence electrons. The van der Waals surface area contributed by atoms with Gasteiger partial charge in [0.1, 0.15) is 0 Å². The molecule has 0 heterocycles. The summed E-state index contributed by atoms with van der Waals surface area (Å²) in [5, 5.41) is 14.8. The third-order valence-electron chi connectivity index (χ3n) is 2.96. The second-order valence-corrected chi connectivity index (χ2v) is 5.57. The second-order valence-electron chi connectivity index (χ2n) is 5.57. The summed E-state index contributed by atoms with van der Waals surface area (Å²) in [6, 6.07) is 0. The molecule has 0 aliphatic heterocycles. The van der Waals surface area contributed by atoms with Gasteiger partial charge < -0.3 is 10.2 Å². The monoisotopic (exact) mass is 318 g/mol. The maximum Gasteiger partial charge on any atom is 0.300 e. The van der Waals surface area contributed by atoms with Gasteiger partial charge in [0.05, 0.1) is 0 Å². The van der Waals surface area contributed by atoms with Crippen LogP contribution in [0.5, 0.6) is 0 Å². The van der Waals surface area contributed by atoms with Gasteiger partial charge in [0.25, 0.3) is 11.9 Å². The molecule has 0 bridgehead atoms. The molecule has 0 aromatic rings. The second kappa shape index (κ2) is 24.9. The summed E-state index contributed by atoms with van der Waals surface area (Å²) in [5.41, 5.74) is 0. The van der Waals surface area contributed by atoms with E-state index in [0.717, 1.165) is 13.8 Å². The van der Waals surface area contributed by atoms with Crippen LogP contribution in [0.3, 0.4) is 0 Å². The van der Waals surface area contributed by atoms with E-state index < -0.39 is 11.9 Å². The van der Waals surface area contributed by atoms with Gasteiger partial charge in [-0.3, -0.25) is 9.59 Å². The predicted molar refractivity (Wildman–Crippen MR) is 93.4 cm³/mol. The molecule has 0 aliphatic carbocycles. The Kier molecular flexibility index (Phi) is 29.3. The fourth-order valence-corrected chi connectivity index (χ4v) is 1.91. The zero-order valence-electron chi connectivity index (χ0n) is 15.2. The molecule has 0 rings (SSSR count). The number of carbonyl (C=O) groups is 2. The van der Waals surface area contributed by atoms with Gasteiger partial charge in [0, 0.05) is 13.8 Å². The first-order chi connectivity index (χ1) is 10.4. The highest BCUT2D eigenvalue weighted by Crippen LogP contribution is 2.11. The molecule has 0 amide bonds. The summed E-state index contributed by atoms with van der Waals surface area (Å²) in [5.74, 6) is -1.67. The van der Waals surface area contributed by atoms with E-state index in [1.165, 1.54) is 77.0 Å². The molecule has 4 heteroatoms. The smallest absolute Gasteiger partial charge is 0.300 e. The molecular weight excluding hydrogens is 280 g/mol. The minimum absolute atomic E-state index is 0.833. The fourth-order valence-electron chi connectivity index (χ4n) is 1.91. The first kappa shape index (κ1) is 25.9. The SMILES string of the molecule is CC(=O)O.CC(=O)O.CCCCCCCCCCCCCC. The van der Waals surface area contributed by atoms with Crippen molar-refractivity contribution in [3.8, 4) is 0 Å². The number of carboxylic acids is 2. The molecule has 4 nitrogen and oxygen atoms in total. The van der Waals surface area contributed by atoms with Crippen LogP contribution in [0, 0.1) is 0 Å². The largest absolute Gasteiger partial charge is 0.481 e. The molecule has 0 aromatic carbocycles. The summed E-state index contributed by atoms with van der Waals surface area (Å²) in [6.07, 6.45) is 17.4. The average molecular weight is 318 g/mol. The molecule has 0 radical (unpaired) electrons. The van der Waals surface area contributed by atoms with Crippen LogP contribution >= 0.6 is 0 Å². The van der Waals surface area contributed by atoms with Gasteiger partial charge in [-0.25, -0.2) is 0 Å². The number of carboxylic acid groups (broad SMARTS) is 2. The lowest BCUT2D eigenvalue weighted by atomic mass is 10.1. The van der Waals surface area contributed by atoms with Gasteiger partial charge in [-0.2, -0.15) is 0 Å². The molecule has 0 aliphatic rings. The Morgan fingerprint density at radius 1 is 0.545 bits per heavy atom. The molecule has 0 spiro atoms. The highest BCUT2D eigenvalue weighted by molar-refractivity contribution is 5.63. The minimum Gasteiger partial charge on any atom is -0.481 e. The van der Waals surface area contributed by atoms with E-state index in [4.69, 9.17) is 19.8 Å². The van der Waals surface area contributed by atoms with E-state index in [9.17, 15) is 0 Å². The van der Waals surface area contributed by atoms with Crippen molar-refractivity contribution in [1.29, 1.82) is 0 Å². The number of rotatable bonds is 11. The lowest BCUT2D eigenvalue weighted by Gasteiger charge is -2.01. The standard InChI is InChI=1S/C14H30.2C2H4O2/c1-3-5-7-9-11-13-14-12-10-8-6-4-2;2*1-2(3)4/h3-14H2,1-2H3;2*1H3,(H,3,4). The molecule has 0 fully saturated rings. The quantitative estimate of drug-likeness (QED) is 0.466. The first-order valence-corrected chi connectivity index (χ1v) is 8.77. The van der Waals surface area contributed by atoms with E-state index in [-0.39, 0.29) is 0 Å². The predicted octanol–water partition coefficient (Wildman–Crippen LogP) is 5.89. The van der Waals surface area contributed by atoms with Crippen molar-refractivity contribution in [2.24, 2.45) is 0 Å². The van der Waals surface area contributed by atoms with Crippen LogP contribution < -0.4 is 0 Å². The number of unbranched alkanes of at least 4 members (excludes halogenated alkanes) is 11. The lowest BCUT2D eigenvalue weighted by molar-refractivity contribution is -0.135. The van der Waals surface area contributed by atoms with Crippen molar-refractivity contribution < 1.29 is 19.8 Å². The van der Waals surface area contributed by atoms with Crippen molar-refractivity contribution in [3.05, 3.63) is 0 Å². The van der Waals surface area contributed by atoms with Crippen molar-refractivity contribution in [2.75, 3.05) is 0 Å². The molecule has 22 heavy (non-hydrogen) atoms. The van der Waals surface area contributed by atoms with Gasteiger partial charge in [-0.1, -0.05) is 90.9 Å². The molecule has 0 atom stereocenters. The number of aliphatic carboxylic acids is 2. The first-order valence-electron chi connectivity index (χ1n) is 8.77. The topological polar surface area (TPSA) is 74.6 Å². The Labute approximate surface area is 137 Å². The highest BCUT2D eigenvalue weighted by Gasteiger charge is 1.91. The zero-order chi connectivity index (χ0) is 17.6. The number of hydrogen-bond donors (Lipinski definition) is 2. The van der Waals surface area contributed by atoms with E-state index in [0.29, 0.717) is 0 Å². The highest BCUT2D eigenvalue weighted by atomic mass is 16.4. The van der Waals surface area contributed by atoms with E-state index in [1.54, 1.807) is 0 Å². The third kappa shape index (κ3) is 61.7. The van der Waals surface area contributed by atoms with Crippen molar-refractivity contribution in [1.82, 2.24) is 0 Å². The van der Waals surface area contributed by atoms with E-state index in [1.807, 2.05) is 0 Å². The van der Waals surface area contributed by atoms with Crippen LogP contribution in [0.25, 0.3) is 0 Å². The van der Waals surface area contributed by atoms with Gasteiger partial charge in [0.2, 0.25) is 0 Å². The summed E-state index contributed by atoms with van der Waals surface area (Å²) in [4.78, 5) is 18.0. The van der Waals surface area contributed by atoms with Crippen LogP contribution in [0.1, 0.15) is 105 Å². The van der Waals surface area contributed by atoms with Gasteiger partial charge in [-0.05, 0) is 0 Å². The Bertz CT molecular complexity index is 195. The summed E-state index contributed by atoms with van der Waals surface area (Å²) in [7, 11) is 0. The maximum atomic E-state index is 9.00. The Balaban J connectivity index is -0.000000372. The fraction of sp³-hybridized carbons (Fsp3) is 0.889. The molecule has 0 unspecified atom stereocenters.